The number of nitrogens with one attached hydrogen (secondary N) is 2. The van der Waals surface area contributed by atoms with Gasteiger partial charge in [-0.1, -0.05) is 60.1 Å². The second-order valence-corrected chi connectivity index (χ2v) is 7.56. The molecule has 0 spiro atoms. The van der Waals surface area contributed by atoms with Crippen LogP contribution < -0.4 is 20.3 Å². The predicted octanol–water partition coefficient (Wildman–Crippen LogP) is 4.06. The second-order valence-electron chi connectivity index (χ2n) is 7.18. The molecule has 8 heteroatoms. The Morgan fingerprint density at radius 2 is 1.67 bits per heavy atom. The van der Waals surface area contributed by atoms with Crippen LogP contribution >= 0.6 is 11.6 Å². The molecule has 33 heavy (non-hydrogen) atoms. The highest BCUT2D eigenvalue weighted by Crippen LogP contribution is 2.35. The molecule has 0 unspecified atom stereocenters. The van der Waals surface area contributed by atoms with Crippen LogP contribution in [0.25, 0.3) is 0 Å². The number of carbonyl (C=O) groups excluding carboxylic acids is 3. The van der Waals surface area contributed by atoms with Crippen LogP contribution in [0.15, 0.2) is 89.6 Å². The Labute approximate surface area is 195 Å². The van der Waals surface area contributed by atoms with Gasteiger partial charge in [-0.2, -0.15) is 0 Å². The van der Waals surface area contributed by atoms with Gasteiger partial charge in [-0.15, -0.1) is 0 Å². The van der Waals surface area contributed by atoms with Gasteiger partial charge in [-0.25, -0.2) is 4.90 Å². The zero-order valence-electron chi connectivity index (χ0n) is 17.7. The Morgan fingerprint density at radius 1 is 0.939 bits per heavy atom. The first-order chi connectivity index (χ1) is 16.0. The van der Waals surface area contributed by atoms with Crippen LogP contribution in [-0.4, -0.2) is 24.8 Å². The topological polar surface area (TPSA) is 87.7 Å². The summed E-state index contributed by atoms with van der Waals surface area (Å²) >= 11 is 6.22. The average molecular weight is 462 g/mol. The van der Waals surface area contributed by atoms with E-state index in [1.54, 1.807) is 48.5 Å². The van der Waals surface area contributed by atoms with Crippen molar-refractivity contribution in [3.8, 4) is 5.75 Å². The Morgan fingerprint density at radius 3 is 2.42 bits per heavy atom. The highest BCUT2D eigenvalue weighted by atomic mass is 35.5. The lowest BCUT2D eigenvalue weighted by Crippen LogP contribution is -2.32. The number of imide groups is 1. The van der Waals surface area contributed by atoms with Gasteiger partial charge in [0.05, 0.1) is 12.8 Å². The second kappa shape index (κ2) is 9.58. The molecule has 0 fully saturated rings. The Bertz CT molecular complexity index is 1260. The first kappa shape index (κ1) is 22.1. The van der Waals surface area contributed by atoms with Crippen LogP contribution in [0.5, 0.6) is 5.75 Å². The largest absolute Gasteiger partial charge is 0.495 e. The van der Waals surface area contributed by atoms with Crippen LogP contribution in [0.4, 0.5) is 11.4 Å². The summed E-state index contributed by atoms with van der Waals surface area (Å²) in [5, 5.41) is 5.50. The summed E-state index contributed by atoms with van der Waals surface area (Å²) in [7, 11) is 1.45. The summed E-state index contributed by atoms with van der Waals surface area (Å²) in [6, 6.07) is 22.8. The fraction of sp³-hybridized carbons (Fsp3) is 0.0800. The van der Waals surface area contributed by atoms with Gasteiger partial charge in [0.15, 0.2) is 0 Å². The third-order valence-corrected chi connectivity index (χ3v) is 5.39. The van der Waals surface area contributed by atoms with Crippen molar-refractivity contribution < 1.29 is 19.1 Å². The molecule has 0 aromatic heterocycles. The van der Waals surface area contributed by atoms with Crippen molar-refractivity contribution in [1.82, 2.24) is 5.32 Å². The van der Waals surface area contributed by atoms with Gasteiger partial charge < -0.3 is 15.4 Å². The van der Waals surface area contributed by atoms with Gasteiger partial charge in [0.25, 0.3) is 17.7 Å². The van der Waals surface area contributed by atoms with Gasteiger partial charge in [-0.3, -0.25) is 14.4 Å². The number of amides is 3. The monoisotopic (exact) mass is 461 g/mol. The normalized spacial score (nSPS) is 13.3. The number of para-hydroxylation sites is 2. The smallest absolute Gasteiger partial charge is 0.283 e. The molecule has 3 aromatic carbocycles. The van der Waals surface area contributed by atoms with Crippen LogP contribution in [0.1, 0.15) is 15.9 Å². The molecule has 0 atom stereocenters. The molecule has 3 amide bonds. The average Bonchev–Trinajstić information content (AvgIpc) is 3.06. The van der Waals surface area contributed by atoms with Crippen LogP contribution in [-0.2, 0) is 16.1 Å². The van der Waals surface area contributed by atoms with E-state index >= 15 is 0 Å². The summed E-state index contributed by atoms with van der Waals surface area (Å²) in [4.78, 5) is 39.3. The molecular formula is C25H20ClN3O4. The minimum atomic E-state index is -0.662. The Hall–Kier alpha value is -4.10. The lowest BCUT2D eigenvalue weighted by atomic mass is 10.1. The number of carbonyl (C=O) groups is 3. The van der Waals surface area contributed by atoms with Crippen molar-refractivity contribution in [2.45, 2.75) is 6.54 Å². The molecule has 0 radical (unpaired) electrons. The van der Waals surface area contributed by atoms with E-state index < -0.39 is 11.8 Å². The van der Waals surface area contributed by atoms with Crippen molar-refractivity contribution in [2.75, 3.05) is 17.3 Å². The number of methoxy groups -OCH3 is 1. The predicted molar refractivity (Wildman–Crippen MR) is 126 cm³/mol. The fourth-order valence-electron chi connectivity index (χ4n) is 3.41. The number of nitrogens with zero attached hydrogens (tertiary/aromatic N) is 1. The van der Waals surface area contributed by atoms with Crippen LogP contribution in [0.2, 0.25) is 0 Å². The number of ether oxygens (including phenoxy) is 1. The van der Waals surface area contributed by atoms with E-state index in [1.165, 1.54) is 7.11 Å². The van der Waals surface area contributed by atoms with Crippen molar-refractivity contribution in [2.24, 2.45) is 0 Å². The molecule has 0 saturated carbocycles. The van der Waals surface area contributed by atoms with E-state index in [4.69, 9.17) is 16.3 Å². The minimum absolute atomic E-state index is 0.0746. The first-order valence-corrected chi connectivity index (χ1v) is 10.5. The number of hydrogen-bond acceptors (Lipinski definition) is 5. The standard InChI is InChI=1S/C25H20ClN3O4/c1-33-20-13-6-5-12-19(20)29-24(31)21(26)22(25(29)32)28-18-11-7-10-17(14-18)23(30)27-15-16-8-3-2-4-9-16/h2-14,28H,15H2,1H3,(H,27,30). The van der Waals surface area contributed by atoms with Crippen molar-refractivity contribution in [1.29, 1.82) is 0 Å². The van der Waals surface area contributed by atoms with Gasteiger partial charge in [0.2, 0.25) is 0 Å². The maximum Gasteiger partial charge on any atom is 0.283 e. The number of halogens is 1. The van der Waals surface area contributed by atoms with Gasteiger partial charge in [0.1, 0.15) is 16.5 Å². The summed E-state index contributed by atoms with van der Waals surface area (Å²) in [5.41, 5.74) is 2.03. The molecule has 1 aliphatic heterocycles. The molecule has 166 valence electrons. The summed E-state index contributed by atoms with van der Waals surface area (Å²) in [6.45, 7) is 0.384. The van der Waals surface area contributed by atoms with E-state index in [2.05, 4.69) is 10.6 Å². The maximum atomic E-state index is 13.0. The molecule has 1 aliphatic rings. The molecular weight excluding hydrogens is 442 g/mol. The zero-order chi connectivity index (χ0) is 23.4. The van der Waals surface area contributed by atoms with Gasteiger partial charge in [-0.05, 0) is 35.9 Å². The van der Waals surface area contributed by atoms with Crippen molar-refractivity contribution in [3.05, 3.63) is 101 Å². The molecule has 2 N–H and O–H groups in total. The highest BCUT2D eigenvalue weighted by molar-refractivity contribution is 6.53. The maximum absolute atomic E-state index is 13.0. The van der Waals surface area contributed by atoms with Crippen molar-refractivity contribution >= 4 is 40.7 Å². The third-order valence-electron chi connectivity index (χ3n) is 5.04. The molecule has 0 bridgehead atoms. The quantitative estimate of drug-likeness (QED) is 0.518. The number of hydrogen-bond donors (Lipinski definition) is 2. The Kier molecular flexibility index (Phi) is 6.42. The number of rotatable bonds is 7. The first-order valence-electron chi connectivity index (χ1n) is 10.1. The van der Waals surface area contributed by atoms with Gasteiger partial charge >= 0.3 is 0 Å². The third kappa shape index (κ3) is 4.58. The number of anilines is 2. The van der Waals surface area contributed by atoms with Crippen molar-refractivity contribution in [3.63, 3.8) is 0 Å². The van der Waals surface area contributed by atoms with E-state index in [-0.39, 0.29) is 16.6 Å². The van der Waals surface area contributed by atoms with E-state index in [0.717, 1.165) is 10.5 Å². The molecule has 4 rings (SSSR count). The van der Waals surface area contributed by atoms with Crippen LogP contribution in [0.3, 0.4) is 0 Å². The van der Waals surface area contributed by atoms with E-state index in [0.29, 0.717) is 29.2 Å². The van der Waals surface area contributed by atoms with Gasteiger partial charge in [0, 0.05) is 17.8 Å². The molecule has 0 aliphatic carbocycles. The molecule has 3 aromatic rings. The Balaban J connectivity index is 1.51. The summed E-state index contributed by atoms with van der Waals surface area (Å²) in [6.07, 6.45) is 0. The molecule has 1 heterocycles. The molecule has 0 saturated heterocycles. The SMILES string of the molecule is COc1ccccc1N1C(=O)C(Cl)=C(Nc2cccc(C(=O)NCc3ccccc3)c2)C1=O. The lowest BCUT2D eigenvalue weighted by Gasteiger charge is -2.18. The fourth-order valence-corrected chi connectivity index (χ4v) is 3.62. The lowest BCUT2D eigenvalue weighted by molar-refractivity contribution is -0.120. The summed E-state index contributed by atoms with van der Waals surface area (Å²) < 4.78 is 5.27. The van der Waals surface area contributed by atoms with Crippen LogP contribution in [0, 0.1) is 0 Å². The minimum Gasteiger partial charge on any atom is -0.495 e. The van der Waals surface area contributed by atoms with E-state index in [1.807, 2.05) is 30.3 Å². The summed E-state index contributed by atoms with van der Waals surface area (Å²) in [5.74, 6) is -1.19. The van der Waals surface area contributed by atoms with E-state index in [9.17, 15) is 14.4 Å². The zero-order valence-corrected chi connectivity index (χ0v) is 18.4. The molecule has 7 nitrogen and oxygen atoms in total. The highest BCUT2D eigenvalue weighted by Gasteiger charge is 2.40. The number of benzene rings is 3.